The summed E-state index contributed by atoms with van der Waals surface area (Å²) in [6, 6.07) is 5.45. The van der Waals surface area contributed by atoms with Gasteiger partial charge in [-0.15, -0.1) is 13.2 Å². The number of amides is 1. The fourth-order valence-corrected chi connectivity index (χ4v) is 3.34. The molecule has 1 aliphatic heterocycles. The monoisotopic (exact) mass is 449 g/mol. The van der Waals surface area contributed by atoms with Crippen LogP contribution in [-0.2, 0) is 11.8 Å². The molecule has 4 rings (SSSR count). The van der Waals surface area contributed by atoms with E-state index in [9.17, 15) is 18.0 Å². The van der Waals surface area contributed by atoms with E-state index in [4.69, 9.17) is 4.74 Å². The lowest BCUT2D eigenvalue weighted by Crippen LogP contribution is -2.50. The molecule has 170 valence electrons. The van der Waals surface area contributed by atoms with E-state index in [-0.39, 0.29) is 11.7 Å². The number of hydrogen-bond acceptors (Lipinski definition) is 6. The molecule has 0 spiro atoms. The van der Waals surface area contributed by atoms with Gasteiger partial charge >= 0.3 is 12.5 Å². The third-order valence-corrected chi connectivity index (χ3v) is 4.84. The Morgan fingerprint density at radius 1 is 1.09 bits per heavy atom. The minimum absolute atomic E-state index is 0.0894. The highest BCUT2D eigenvalue weighted by atomic mass is 19.4. The number of hydrogen-bond donors (Lipinski definition) is 0. The molecule has 0 bridgehead atoms. The van der Waals surface area contributed by atoms with E-state index >= 15 is 0 Å². The van der Waals surface area contributed by atoms with Crippen LogP contribution in [0.5, 0.6) is 5.75 Å². The van der Waals surface area contributed by atoms with Crippen molar-refractivity contribution in [3.8, 4) is 17.0 Å². The highest BCUT2D eigenvalue weighted by molar-refractivity contribution is 5.87. The second kappa shape index (κ2) is 7.64. The third kappa shape index (κ3) is 4.61. The summed E-state index contributed by atoms with van der Waals surface area (Å²) in [4.78, 5) is 27.4. The molecule has 0 N–H and O–H groups in total. The normalized spacial score (nSPS) is 15.0. The first kappa shape index (κ1) is 21.8. The van der Waals surface area contributed by atoms with Crippen LogP contribution in [-0.4, -0.2) is 55.6 Å². The molecular weight excluding hydrogens is 427 g/mol. The lowest BCUT2D eigenvalue weighted by atomic mass is 9.99. The van der Waals surface area contributed by atoms with Crippen LogP contribution in [0.1, 0.15) is 32.5 Å². The van der Waals surface area contributed by atoms with Gasteiger partial charge in [-0.3, -0.25) is 0 Å². The molecule has 0 radical (unpaired) electrons. The first-order valence-corrected chi connectivity index (χ1v) is 9.93. The summed E-state index contributed by atoms with van der Waals surface area (Å²) in [6.07, 6.45) is -3.56. The number of alkyl halides is 3. The number of aryl methyl sites for hydroxylation is 1. The number of halogens is 3. The van der Waals surface area contributed by atoms with Crippen molar-refractivity contribution in [2.24, 2.45) is 7.05 Å². The second-order valence-corrected chi connectivity index (χ2v) is 8.61. The Labute approximate surface area is 182 Å². The predicted molar refractivity (Wildman–Crippen MR) is 109 cm³/mol. The van der Waals surface area contributed by atoms with Gasteiger partial charge in [-0.05, 0) is 45.0 Å². The van der Waals surface area contributed by atoms with Crippen LogP contribution in [0.25, 0.3) is 22.4 Å². The Morgan fingerprint density at radius 3 is 2.34 bits per heavy atom. The molecule has 1 aliphatic rings. The minimum atomic E-state index is -4.76. The van der Waals surface area contributed by atoms with E-state index in [2.05, 4.69) is 19.7 Å². The number of nitrogens with zero attached hydrogens (tertiary/aromatic N) is 5. The Balaban J connectivity index is 1.60. The Bertz CT molecular complexity index is 1150. The van der Waals surface area contributed by atoms with Crippen molar-refractivity contribution in [1.29, 1.82) is 0 Å². The topological polar surface area (TPSA) is 82.4 Å². The molecule has 3 aromatic rings. The molecule has 0 saturated carbocycles. The number of rotatable bonds is 3. The quantitative estimate of drug-likeness (QED) is 0.594. The molecule has 1 saturated heterocycles. The Morgan fingerprint density at radius 2 is 1.75 bits per heavy atom. The minimum Gasteiger partial charge on any atom is -0.444 e. The zero-order valence-corrected chi connectivity index (χ0v) is 18.0. The van der Waals surface area contributed by atoms with Crippen molar-refractivity contribution in [2.75, 3.05) is 13.1 Å². The van der Waals surface area contributed by atoms with Gasteiger partial charge in [-0.25, -0.2) is 19.7 Å². The van der Waals surface area contributed by atoms with Crippen LogP contribution in [0, 0.1) is 0 Å². The number of ether oxygens (including phenoxy) is 2. The molecule has 32 heavy (non-hydrogen) atoms. The van der Waals surface area contributed by atoms with Crippen LogP contribution in [0.3, 0.4) is 0 Å². The van der Waals surface area contributed by atoms with Gasteiger partial charge in [0.2, 0.25) is 0 Å². The molecule has 1 amide bonds. The smallest absolute Gasteiger partial charge is 0.444 e. The number of likely N-dealkylation sites (tertiary alicyclic amines) is 1. The zero-order valence-electron chi connectivity index (χ0n) is 18.0. The maximum Gasteiger partial charge on any atom is 0.573 e. The number of fused-ring (bicyclic) bond motifs is 1. The number of benzene rings is 1. The summed E-state index contributed by atoms with van der Waals surface area (Å²) < 4.78 is 48.4. The van der Waals surface area contributed by atoms with Crippen molar-refractivity contribution in [3.05, 3.63) is 36.4 Å². The third-order valence-electron chi connectivity index (χ3n) is 4.84. The first-order valence-electron chi connectivity index (χ1n) is 9.93. The molecular formula is C21H22F3N5O3. The van der Waals surface area contributed by atoms with Crippen LogP contribution in [0.2, 0.25) is 0 Å². The number of aromatic nitrogens is 4. The maximum atomic E-state index is 12.4. The highest BCUT2D eigenvalue weighted by Gasteiger charge is 2.37. The molecule has 1 aromatic carbocycles. The molecule has 11 heteroatoms. The molecule has 0 unspecified atom stereocenters. The fourth-order valence-electron chi connectivity index (χ4n) is 3.34. The van der Waals surface area contributed by atoms with Gasteiger partial charge in [-0.1, -0.05) is 0 Å². The SMILES string of the molecule is Cn1cnc2c(-c3ccc(OC(F)(F)F)cc3)nc(C3CN(C(=O)OC(C)(C)C)C3)nc21. The Hall–Kier alpha value is -3.37. The molecule has 0 atom stereocenters. The molecule has 3 heterocycles. The van der Waals surface area contributed by atoms with Gasteiger partial charge in [0, 0.05) is 25.7 Å². The van der Waals surface area contributed by atoms with Crippen molar-refractivity contribution >= 4 is 17.3 Å². The van der Waals surface area contributed by atoms with Crippen molar-refractivity contribution in [2.45, 2.75) is 38.7 Å². The standard InChI is InChI=1S/C21H22F3N5O3/c1-20(2,3)32-19(30)29-9-13(10-29)17-26-15(16-18(27-17)28(4)11-25-16)12-5-7-14(8-6-12)31-21(22,23)24/h5-8,11,13H,9-10H2,1-4H3. The van der Waals surface area contributed by atoms with Gasteiger partial charge in [0.05, 0.1) is 12.2 Å². The van der Waals surface area contributed by atoms with E-state index in [1.807, 2.05) is 0 Å². The van der Waals surface area contributed by atoms with E-state index < -0.39 is 18.1 Å². The fraction of sp³-hybridized carbons (Fsp3) is 0.429. The van der Waals surface area contributed by atoms with Crippen molar-refractivity contribution in [3.63, 3.8) is 0 Å². The summed E-state index contributed by atoms with van der Waals surface area (Å²) in [5.41, 5.74) is 1.62. The summed E-state index contributed by atoms with van der Waals surface area (Å²) >= 11 is 0. The van der Waals surface area contributed by atoms with Crippen LogP contribution >= 0.6 is 0 Å². The first-order chi connectivity index (χ1) is 14.9. The number of carbonyl (C=O) groups is 1. The summed E-state index contributed by atoms with van der Waals surface area (Å²) in [6.45, 7) is 6.24. The van der Waals surface area contributed by atoms with Gasteiger partial charge < -0.3 is 18.9 Å². The molecule has 0 aliphatic carbocycles. The zero-order chi connectivity index (χ0) is 23.3. The van der Waals surface area contributed by atoms with Gasteiger partial charge in [0.25, 0.3) is 0 Å². The molecule has 1 fully saturated rings. The number of imidazole rings is 1. The van der Waals surface area contributed by atoms with Gasteiger partial charge in [0.1, 0.15) is 28.4 Å². The van der Waals surface area contributed by atoms with E-state index in [0.29, 0.717) is 41.3 Å². The Kier molecular flexibility index (Phi) is 5.22. The van der Waals surface area contributed by atoms with Crippen LogP contribution in [0.15, 0.2) is 30.6 Å². The largest absolute Gasteiger partial charge is 0.573 e. The molecule has 8 nitrogen and oxygen atoms in total. The number of carbonyl (C=O) groups excluding carboxylic acids is 1. The van der Waals surface area contributed by atoms with E-state index in [1.54, 1.807) is 43.6 Å². The van der Waals surface area contributed by atoms with Crippen molar-refractivity contribution in [1.82, 2.24) is 24.4 Å². The average Bonchev–Trinajstić information content (AvgIpc) is 2.99. The lowest BCUT2D eigenvalue weighted by molar-refractivity contribution is -0.274. The van der Waals surface area contributed by atoms with Crippen LogP contribution < -0.4 is 4.74 Å². The van der Waals surface area contributed by atoms with Gasteiger partial charge in [-0.2, -0.15) is 0 Å². The van der Waals surface area contributed by atoms with E-state index in [1.165, 1.54) is 24.3 Å². The molecule has 2 aromatic heterocycles. The van der Waals surface area contributed by atoms with Gasteiger partial charge in [0.15, 0.2) is 5.65 Å². The lowest BCUT2D eigenvalue weighted by Gasteiger charge is -2.38. The second-order valence-electron chi connectivity index (χ2n) is 8.61. The summed E-state index contributed by atoms with van der Waals surface area (Å²) in [5.74, 6) is 0.125. The van der Waals surface area contributed by atoms with Crippen molar-refractivity contribution < 1.29 is 27.4 Å². The predicted octanol–water partition coefficient (Wildman–Crippen LogP) is 4.26. The summed E-state index contributed by atoms with van der Waals surface area (Å²) in [7, 11) is 1.80. The maximum absolute atomic E-state index is 12.4. The highest BCUT2D eigenvalue weighted by Crippen LogP contribution is 2.32. The summed E-state index contributed by atoms with van der Waals surface area (Å²) in [5, 5.41) is 0. The van der Waals surface area contributed by atoms with Crippen LogP contribution in [0.4, 0.5) is 18.0 Å². The average molecular weight is 449 g/mol. The van der Waals surface area contributed by atoms with E-state index in [0.717, 1.165) is 0 Å².